The first-order valence-corrected chi connectivity index (χ1v) is 13.4. The molecule has 0 unspecified atom stereocenters. The van der Waals surface area contributed by atoms with E-state index in [1.165, 1.54) is 66.3 Å². The van der Waals surface area contributed by atoms with Gasteiger partial charge in [-0.15, -0.1) is 0 Å². The summed E-state index contributed by atoms with van der Waals surface area (Å²) in [6.45, 7) is 0. The average molecular weight is 502 g/mol. The quantitative estimate of drug-likeness (QED) is 0.133. The van der Waals surface area contributed by atoms with Crippen LogP contribution >= 0.6 is 0 Å². The van der Waals surface area contributed by atoms with Crippen molar-refractivity contribution in [1.82, 2.24) is 0 Å². The summed E-state index contributed by atoms with van der Waals surface area (Å²) in [7, 11) is 4.21. The first-order chi connectivity index (χ1) is 19.2. The van der Waals surface area contributed by atoms with Gasteiger partial charge in [0.1, 0.15) is 0 Å². The number of hydrogen-bond donors (Lipinski definition) is 0. The van der Waals surface area contributed by atoms with Crippen LogP contribution in [0.1, 0.15) is 0 Å². The van der Waals surface area contributed by atoms with E-state index in [9.17, 15) is 0 Å². The summed E-state index contributed by atoms with van der Waals surface area (Å²) < 4.78 is 2.44. The molecule has 0 saturated heterocycles. The van der Waals surface area contributed by atoms with Gasteiger partial charge in [0.2, 0.25) is 11.2 Å². The maximum atomic E-state index is 2.44. The molecule has 0 radical (unpaired) electrons. The smallest absolute Gasteiger partial charge is 0.227 e. The lowest BCUT2D eigenvalue weighted by Gasteiger charge is -2.18. The van der Waals surface area contributed by atoms with E-state index in [2.05, 4.69) is 163 Å². The van der Waals surface area contributed by atoms with Gasteiger partial charge in [-0.3, -0.25) is 0 Å². The molecule has 5 aromatic carbocycles. The van der Waals surface area contributed by atoms with Gasteiger partial charge < -0.3 is 4.90 Å². The summed E-state index contributed by atoms with van der Waals surface area (Å²) in [6, 6.07) is 48.1. The average Bonchev–Trinajstić information content (AvgIpc) is 3.00. The second-order valence-electron chi connectivity index (χ2n) is 10.3. The minimum Gasteiger partial charge on any atom is -0.378 e. The summed E-state index contributed by atoms with van der Waals surface area (Å²) >= 11 is 0. The van der Waals surface area contributed by atoms with Crippen molar-refractivity contribution in [3.8, 4) is 33.5 Å². The molecule has 2 aromatic heterocycles. The topological polar surface area (TPSA) is 7.34 Å². The van der Waals surface area contributed by atoms with Crippen molar-refractivity contribution in [1.29, 1.82) is 0 Å². The van der Waals surface area contributed by atoms with Crippen molar-refractivity contribution in [2.45, 2.75) is 0 Å². The molecule has 7 rings (SSSR count). The number of anilines is 1. The largest absolute Gasteiger partial charge is 0.378 e. The molecule has 2 heterocycles. The van der Waals surface area contributed by atoms with Crippen LogP contribution in [0.3, 0.4) is 0 Å². The van der Waals surface area contributed by atoms with E-state index in [4.69, 9.17) is 0 Å². The second-order valence-corrected chi connectivity index (χ2v) is 10.3. The Kier molecular flexibility index (Phi) is 5.60. The molecule has 0 aliphatic rings. The fourth-order valence-electron chi connectivity index (χ4n) is 5.87. The zero-order valence-corrected chi connectivity index (χ0v) is 22.2. The van der Waals surface area contributed by atoms with E-state index in [1.54, 1.807) is 0 Å². The maximum Gasteiger partial charge on any atom is 0.227 e. The predicted octanol–water partition coefficient (Wildman–Crippen LogP) is 8.80. The van der Waals surface area contributed by atoms with Gasteiger partial charge in [-0.2, -0.15) is 4.40 Å². The molecular formula is C37H29N2+. The van der Waals surface area contributed by atoms with E-state index in [0.717, 1.165) is 0 Å². The van der Waals surface area contributed by atoms with Crippen LogP contribution in [0, 0.1) is 0 Å². The molecule has 2 heteroatoms. The summed E-state index contributed by atoms with van der Waals surface area (Å²) in [5.74, 6) is 0. The molecule has 186 valence electrons. The summed E-state index contributed by atoms with van der Waals surface area (Å²) in [4.78, 5) is 2.18. The van der Waals surface area contributed by atoms with Gasteiger partial charge in [0.25, 0.3) is 0 Å². The Labute approximate surface area is 229 Å². The zero-order chi connectivity index (χ0) is 26.3. The Hall–Kier alpha value is -4.95. The molecule has 7 aromatic rings. The van der Waals surface area contributed by atoms with E-state index >= 15 is 0 Å². The molecular weight excluding hydrogens is 472 g/mol. The third-order valence-electron chi connectivity index (χ3n) is 7.67. The molecule has 0 aliphatic carbocycles. The highest BCUT2D eigenvalue weighted by Gasteiger charge is 2.28. The second kappa shape index (κ2) is 9.41. The molecule has 0 atom stereocenters. The number of aromatic nitrogens is 1. The number of hydrogen-bond acceptors (Lipinski definition) is 1. The van der Waals surface area contributed by atoms with Gasteiger partial charge in [0, 0.05) is 41.5 Å². The van der Waals surface area contributed by atoms with E-state index in [0.29, 0.717) is 0 Å². The number of nitrogens with zero attached hydrogens (tertiary/aromatic N) is 2. The fraction of sp³-hybridized carbons (Fsp3) is 0.0541. The monoisotopic (exact) mass is 501 g/mol. The molecule has 0 spiro atoms. The number of benzene rings is 5. The van der Waals surface area contributed by atoms with Crippen LogP contribution in [0.25, 0.3) is 60.6 Å². The highest BCUT2D eigenvalue weighted by Crippen LogP contribution is 2.42. The molecule has 0 amide bonds. The van der Waals surface area contributed by atoms with E-state index < -0.39 is 0 Å². The lowest BCUT2D eigenvalue weighted by atomic mass is 9.89. The van der Waals surface area contributed by atoms with Gasteiger partial charge in [-0.05, 0) is 47.5 Å². The van der Waals surface area contributed by atoms with Crippen LogP contribution in [0.5, 0.6) is 0 Å². The summed E-state index contributed by atoms with van der Waals surface area (Å²) in [6.07, 6.45) is 2.33. The van der Waals surface area contributed by atoms with Crippen molar-refractivity contribution < 1.29 is 4.40 Å². The minimum atomic E-state index is 1.19. The van der Waals surface area contributed by atoms with E-state index in [1.807, 2.05) is 0 Å². The van der Waals surface area contributed by atoms with Gasteiger partial charge in [-0.25, -0.2) is 0 Å². The predicted molar refractivity (Wildman–Crippen MR) is 165 cm³/mol. The number of fused-ring (bicyclic) bond motifs is 4. The van der Waals surface area contributed by atoms with E-state index in [-0.39, 0.29) is 0 Å². The van der Waals surface area contributed by atoms with Gasteiger partial charge in [0.15, 0.2) is 6.20 Å². The molecule has 0 N–H and O–H groups in total. The Bertz CT molecular complexity index is 1960. The minimum absolute atomic E-state index is 1.19. The number of pyridine rings is 2. The standard InChI is InChI=1S/C37H29N2/c1-38(2)30-23-22-29-25-39-36(28-18-10-5-11-19-28)34(26-14-6-3-7-15-26)31-20-12-13-21-32(31)37(39)35(33(29)24-30)27-16-8-4-9-17-27/h3-25H,1-2H3/q+1. The van der Waals surface area contributed by atoms with Crippen LogP contribution < -0.4 is 9.30 Å². The summed E-state index contributed by atoms with van der Waals surface area (Å²) in [5, 5.41) is 4.96. The lowest BCUT2D eigenvalue weighted by Crippen LogP contribution is -2.27. The van der Waals surface area contributed by atoms with Gasteiger partial charge in [0.05, 0.1) is 16.5 Å². The first-order valence-electron chi connectivity index (χ1n) is 13.4. The van der Waals surface area contributed by atoms with Crippen molar-refractivity contribution in [2.24, 2.45) is 0 Å². The highest BCUT2D eigenvalue weighted by atomic mass is 15.1. The SMILES string of the molecule is CN(C)c1ccc2c[n+]3c(-c4ccccc4)c(-c4ccccc4)c4ccccc4c3c(-c3ccccc3)c2c1. The lowest BCUT2D eigenvalue weighted by molar-refractivity contribution is -0.495. The Morgan fingerprint density at radius 3 is 1.64 bits per heavy atom. The molecule has 39 heavy (non-hydrogen) atoms. The van der Waals surface area contributed by atoms with Crippen LogP contribution in [0.15, 0.2) is 140 Å². The Morgan fingerprint density at radius 1 is 0.487 bits per heavy atom. The molecule has 0 aliphatic heterocycles. The van der Waals surface area contributed by atoms with Gasteiger partial charge in [-0.1, -0.05) is 97.1 Å². The van der Waals surface area contributed by atoms with Crippen LogP contribution in [-0.2, 0) is 0 Å². The number of rotatable bonds is 4. The third-order valence-corrected chi connectivity index (χ3v) is 7.67. The van der Waals surface area contributed by atoms with Crippen molar-refractivity contribution in [3.63, 3.8) is 0 Å². The third kappa shape index (κ3) is 3.84. The normalized spacial score (nSPS) is 11.3. The van der Waals surface area contributed by atoms with Crippen LogP contribution in [0.4, 0.5) is 5.69 Å². The Morgan fingerprint density at radius 2 is 1.03 bits per heavy atom. The van der Waals surface area contributed by atoms with Crippen LogP contribution in [-0.4, -0.2) is 14.1 Å². The van der Waals surface area contributed by atoms with Crippen molar-refractivity contribution in [3.05, 3.63) is 140 Å². The zero-order valence-electron chi connectivity index (χ0n) is 22.2. The van der Waals surface area contributed by atoms with Crippen LogP contribution in [0.2, 0.25) is 0 Å². The van der Waals surface area contributed by atoms with Crippen molar-refractivity contribution >= 4 is 32.7 Å². The maximum absolute atomic E-state index is 2.44. The fourth-order valence-corrected chi connectivity index (χ4v) is 5.87. The Balaban J connectivity index is 1.79. The van der Waals surface area contributed by atoms with Gasteiger partial charge >= 0.3 is 0 Å². The summed E-state index contributed by atoms with van der Waals surface area (Å²) in [5.41, 5.74) is 9.74. The highest BCUT2D eigenvalue weighted by molar-refractivity contribution is 6.15. The first kappa shape index (κ1) is 23.2. The molecule has 0 fully saturated rings. The molecule has 2 nitrogen and oxygen atoms in total. The molecule has 0 bridgehead atoms. The molecule has 0 saturated carbocycles. The van der Waals surface area contributed by atoms with Crippen molar-refractivity contribution in [2.75, 3.05) is 19.0 Å².